The van der Waals surface area contributed by atoms with Crippen LogP contribution in [0, 0.1) is 5.82 Å². The number of oxazole rings is 1. The molecule has 27 heavy (non-hydrogen) atoms. The van der Waals surface area contributed by atoms with Gasteiger partial charge in [0.1, 0.15) is 12.1 Å². The molecule has 0 bridgehead atoms. The van der Waals surface area contributed by atoms with E-state index < -0.39 is 0 Å². The Labute approximate surface area is 177 Å². The summed E-state index contributed by atoms with van der Waals surface area (Å²) in [6.07, 6.45) is 3.23. The van der Waals surface area contributed by atoms with Crippen molar-refractivity contribution in [2.45, 2.75) is 26.7 Å². The minimum Gasteiger partial charge on any atom is -0.444 e. The van der Waals surface area contributed by atoms with Crippen LogP contribution < -0.4 is 10.6 Å². The second kappa shape index (κ2) is 13.5. The van der Waals surface area contributed by atoms with E-state index in [1.165, 1.54) is 12.1 Å². The van der Waals surface area contributed by atoms with Gasteiger partial charge < -0.3 is 19.8 Å². The first-order valence-electron chi connectivity index (χ1n) is 9.03. The third-order valence-electron chi connectivity index (χ3n) is 3.58. The molecule has 6 nitrogen and oxygen atoms in total. The van der Waals surface area contributed by atoms with Crippen molar-refractivity contribution in [2.24, 2.45) is 4.99 Å². The lowest BCUT2D eigenvalue weighted by molar-refractivity contribution is 0.146. The molecule has 0 unspecified atom stereocenters. The normalized spacial score (nSPS) is 11.1. The molecule has 1 heterocycles. The SMILES string of the molecule is CCNC(=NCCCOCC)NCCc1coc(-c2ccc(F)cc2)n1.I. The molecule has 0 amide bonds. The third kappa shape index (κ3) is 8.70. The monoisotopic (exact) mass is 490 g/mol. The zero-order valence-corrected chi connectivity index (χ0v) is 18.2. The van der Waals surface area contributed by atoms with Gasteiger partial charge in [0.05, 0.1) is 5.69 Å². The van der Waals surface area contributed by atoms with E-state index in [2.05, 4.69) is 20.6 Å². The fourth-order valence-corrected chi connectivity index (χ4v) is 2.30. The zero-order valence-electron chi connectivity index (χ0n) is 15.8. The average molecular weight is 490 g/mol. The second-order valence-electron chi connectivity index (χ2n) is 5.64. The number of hydrogen-bond donors (Lipinski definition) is 2. The van der Waals surface area contributed by atoms with Gasteiger partial charge in [0, 0.05) is 44.8 Å². The molecule has 0 aliphatic rings. The van der Waals surface area contributed by atoms with Gasteiger partial charge in [0.15, 0.2) is 5.96 Å². The van der Waals surface area contributed by atoms with Crippen LogP contribution in [0.4, 0.5) is 4.39 Å². The fraction of sp³-hybridized carbons (Fsp3) is 0.474. The molecule has 0 radical (unpaired) electrons. The van der Waals surface area contributed by atoms with Crippen LogP contribution in [-0.2, 0) is 11.2 Å². The summed E-state index contributed by atoms with van der Waals surface area (Å²) in [4.78, 5) is 8.96. The molecule has 0 saturated heterocycles. The molecule has 0 spiro atoms. The van der Waals surface area contributed by atoms with E-state index in [9.17, 15) is 4.39 Å². The van der Waals surface area contributed by atoms with E-state index in [-0.39, 0.29) is 29.8 Å². The lowest BCUT2D eigenvalue weighted by Crippen LogP contribution is -2.38. The van der Waals surface area contributed by atoms with Gasteiger partial charge in [-0.05, 0) is 44.5 Å². The molecular weight excluding hydrogens is 462 g/mol. The smallest absolute Gasteiger partial charge is 0.226 e. The van der Waals surface area contributed by atoms with Crippen LogP contribution in [-0.4, -0.2) is 43.8 Å². The molecule has 0 atom stereocenters. The summed E-state index contributed by atoms with van der Waals surface area (Å²) in [5.41, 5.74) is 1.60. The van der Waals surface area contributed by atoms with E-state index in [0.29, 0.717) is 25.4 Å². The molecule has 2 aromatic rings. The first-order chi connectivity index (χ1) is 12.7. The standard InChI is InChI=1S/C19H27FN4O2.HI/c1-3-21-19(22-11-5-13-25-4-2)23-12-10-17-14-26-18(24-17)15-6-8-16(20)9-7-15;/h6-9,14H,3-5,10-13H2,1-2H3,(H2,21,22,23);1H. The zero-order chi connectivity index (χ0) is 18.6. The van der Waals surface area contributed by atoms with Crippen LogP contribution in [0.2, 0.25) is 0 Å². The predicted molar refractivity (Wildman–Crippen MR) is 116 cm³/mol. The number of aromatic nitrogens is 1. The van der Waals surface area contributed by atoms with Crippen LogP contribution in [0.3, 0.4) is 0 Å². The van der Waals surface area contributed by atoms with Crippen LogP contribution in [0.15, 0.2) is 39.9 Å². The molecular formula is C19H28FIN4O2. The van der Waals surface area contributed by atoms with Gasteiger partial charge >= 0.3 is 0 Å². The van der Waals surface area contributed by atoms with Gasteiger partial charge in [-0.1, -0.05) is 0 Å². The Balaban J connectivity index is 0.00000364. The van der Waals surface area contributed by atoms with Crippen molar-refractivity contribution in [3.8, 4) is 11.5 Å². The minimum atomic E-state index is -0.277. The number of nitrogens with one attached hydrogen (secondary N) is 2. The van der Waals surface area contributed by atoms with Gasteiger partial charge in [-0.25, -0.2) is 9.37 Å². The van der Waals surface area contributed by atoms with Crippen LogP contribution >= 0.6 is 24.0 Å². The summed E-state index contributed by atoms with van der Waals surface area (Å²) in [6, 6.07) is 6.10. The lowest BCUT2D eigenvalue weighted by atomic mass is 10.2. The topological polar surface area (TPSA) is 71.7 Å². The van der Waals surface area contributed by atoms with Crippen molar-refractivity contribution < 1.29 is 13.5 Å². The van der Waals surface area contributed by atoms with Crippen LogP contribution in [0.25, 0.3) is 11.5 Å². The van der Waals surface area contributed by atoms with Crippen LogP contribution in [0.1, 0.15) is 26.0 Å². The predicted octanol–water partition coefficient (Wildman–Crippen LogP) is 3.62. The molecule has 1 aromatic heterocycles. The molecule has 8 heteroatoms. The number of benzene rings is 1. The molecule has 0 aliphatic heterocycles. The summed E-state index contributed by atoms with van der Waals surface area (Å²) in [7, 11) is 0. The number of halogens is 2. The number of rotatable bonds is 10. The number of aliphatic imine (C=N–C) groups is 1. The maximum atomic E-state index is 13.0. The summed E-state index contributed by atoms with van der Waals surface area (Å²) in [5.74, 6) is 1.00. The Bertz CT molecular complexity index is 677. The molecule has 0 fully saturated rings. The molecule has 2 rings (SSSR count). The van der Waals surface area contributed by atoms with Gasteiger partial charge in [-0.15, -0.1) is 24.0 Å². The number of ether oxygens (including phenoxy) is 1. The Morgan fingerprint density at radius 1 is 1.22 bits per heavy atom. The van der Waals surface area contributed by atoms with Gasteiger partial charge in [0.25, 0.3) is 0 Å². The van der Waals surface area contributed by atoms with Gasteiger partial charge in [-0.2, -0.15) is 0 Å². The molecule has 0 aliphatic carbocycles. The second-order valence-corrected chi connectivity index (χ2v) is 5.64. The largest absolute Gasteiger partial charge is 0.444 e. The Hall–Kier alpha value is -1.68. The Morgan fingerprint density at radius 2 is 2.00 bits per heavy atom. The number of hydrogen-bond acceptors (Lipinski definition) is 4. The van der Waals surface area contributed by atoms with Crippen molar-refractivity contribution in [3.63, 3.8) is 0 Å². The number of guanidine groups is 1. The number of nitrogens with zero attached hydrogens (tertiary/aromatic N) is 2. The first-order valence-corrected chi connectivity index (χ1v) is 9.03. The maximum absolute atomic E-state index is 13.0. The molecule has 1 aromatic carbocycles. The van der Waals surface area contributed by atoms with E-state index in [4.69, 9.17) is 9.15 Å². The Morgan fingerprint density at radius 3 is 2.70 bits per heavy atom. The highest BCUT2D eigenvalue weighted by Gasteiger charge is 2.07. The van der Waals surface area contributed by atoms with Gasteiger partial charge in [-0.3, -0.25) is 4.99 Å². The van der Waals surface area contributed by atoms with Crippen molar-refractivity contribution in [1.82, 2.24) is 15.6 Å². The quantitative estimate of drug-likeness (QED) is 0.231. The van der Waals surface area contributed by atoms with E-state index in [0.717, 1.165) is 43.4 Å². The molecule has 0 saturated carbocycles. The Kier molecular flexibility index (Phi) is 11.7. The van der Waals surface area contributed by atoms with E-state index in [1.54, 1.807) is 18.4 Å². The molecule has 150 valence electrons. The fourth-order valence-electron chi connectivity index (χ4n) is 2.30. The van der Waals surface area contributed by atoms with Crippen LogP contribution in [0.5, 0.6) is 0 Å². The summed E-state index contributed by atoms with van der Waals surface area (Å²) >= 11 is 0. The third-order valence-corrected chi connectivity index (χ3v) is 3.58. The lowest BCUT2D eigenvalue weighted by Gasteiger charge is -2.10. The highest BCUT2D eigenvalue weighted by Crippen LogP contribution is 2.18. The van der Waals surface area contributed by atoms with Crippen molar-refractivity contribution >= 4 is 29.9 Å². The maximum Gasteiger partial charge on any atom is 0.226 e. The van der Waals surface area contributed by atoms with Gasteiger partial charge in [0.2, 0.25) is 5.89 Å². The molecule has 2 N–H and O–H groups in total. The average Bonchev–Trinajstić information content (AvgIpc) is 3.11. The van der Waals surface area contributed by atoms with Crippen molar-refractivity contribution in [2.75, 3.05) is 32.8 Å². The van der Waals surface area contributed by atoms with Crippen molar-refractivity contribution in [3.05, 3.63) is 42.0 Å². The van der Waals surface area contributed by atoms with Crippen molar-refractivity contribution in [1.29, 1.82) is 0 Å². The highest BCUT2D eigenvalue weighted by atomic mass is 127. The summed E-state index contributed by atoms with van der Waals surface area (Å²) < 4.78 is 23.8. The first kappa shape index (κ1) is 23.4. The summed E-state index contributed by atoms with van der Waals surface area (Å²) in [5, 5.41) is 6.50. The minimum absolute atomic E-state index is 0. The highest BCUT2D eigenvalue weighted by molar-refractivity contribution is 14.0. The summed E-state index contributed by atoms with van der Waals surface area (Å²) in [6.45, 7) is 7.69. The van der Waals surface area contributed by atoms with E-state index >= 15 is 0 Å². The van der Waals surface area contributed by atoms with E-state index in [1.807, 2.05) is 13.8 Å².